The number of rotatable bonds is 3. The molecule has 2 aromatic rings. The number of methoxy groups -OCH3 is 1. The normalized spacial score (nSPS) is 12.3. The molecule has 2 aromatic carbocycles. The lowest BCUT2D eigenvalue weighted by atomic mass is 9.98. The molecule has 0 bridgehead atoms. The largest absolute Gasteiger partial charge is 0.496 e. The van der Waals surface area contributed by atoms with Crippen LogP contribution in [0.15, 0.2) is 39.3 Å². The van der Waals surface area contributed by atoms with Gasteiger partial charge in [-0.05, 0) is 70.2 Å². The number of aryl methyl sites for hydroxylation is 2. The van der Waals surface area contributed by atoms with Crippen LogP contribution in [0.25, 0.3) is 0 Å². The average Bonchev–Trinajstić information content (AvgIpc) is 2.42. The van der Waals surface area contributed by atoms with Crippen molar-refractivity contribution in [2.45, 2.75) is 18.7 Å². The lowest BCUT2D eigenvalue weighted by molar-refractivity contribution is 0.412. The summed E-state index contributed by atoms with van der Waals surface area (Å²) in [4.78, 5) is 0.163. The van der Waals surface area contributed by atoms with Crippen LogP contribution in [0.5, 0.6) is 5.75 Å². The summed E-state index contributed by atoms with van der Waals surface area (Å²) < 4.78 is 7.39. The third-order valence-corrected chi connectivity index (χ3v) is 5.78. The zero-order valence-corrected chi connectivity index (χ0v) is 16.3. The van der Waals surface area contributed by atoms with Crippen LogP contribution in [0.4, 0.5) is 0 Å². The maximum atomic E-state index is 5.28. The molecule has 0 aliphatic heterocycles. The molecular weight excluding hydrogens is 448 g/mol. The number of hydrogen-bond acceptors (Lipinski definition) is 1. The van der Waals surface area contributed by atoms with E-state index in [1.165, 1.54) is 22.3 Å². The van der Waals surface area contributed by atoms with E-state index >= 15 is 0 Å². The Morgan fingerprint density at radius 3 is 2.25 bits per heavy atom. The molecule has 1 atom stereocenters. The van der Waals surface area contributed by atoms with E-state index in [-0.39, 0.29) is 4.83 Å². The molecule has 0 aliphatic rings. The molecule has 0 radical (unpaired) electrons. The van der Waals surface area contributed by atoms with Crippen LogP contribution >= 0.6 is 47.8 Å². The number of alkyl halides is 1. The first kappa shape index (κ1) is 16.1. The molecule has 0 aliphatic carbocycles. The summed E-state index contributed by atoms with van der Waals surface area (Å²) in [7, 11) is 1.67. The van der Waals surface area contributed by atoms with Crippen LogP contribution in [0, 0.1) is 13.8 Å². The Bertz CT molecular complexity index is 638. The Hall–Kier alpha value is -0.320. The van der Waals surface area contributed by atoms with Gasteiger partial charge in [0.05, 0.1) is 16.4 Å². The number of benzene rings is 2. The van der Waals surface area contributed by atoms with Gasteiger partial charge < -0.3 is 4.74 Å². The Balaban J connectivity index is 2.43. The molecule has 4 heteroatoms. The number of halogens is 3. The average molecular weight is 463 g/mol. The summed E-state index contributed by atoms with van der Waals surface area (Å²) in [5.41, 5.74) is 4.98. The second kappa shape index (κ2) is 6.63. The van der Waals surface area contributed by atoms with Crippen LogP contribution in [-0.4, -0.2) is 7.11 Å². The molecule has 0 N–H and O–H groups in total. The Kier molecular flexibility index (Phi) is 5.32. The first-order valence-corrected chi connectivity index (χ1v) is 8.68. The SMILES string of the molecule is COc1ccc(C(Br)c2cc(C)c(Br)cc2C)cc1Br. The van der Waals surface area contributed by atoms with E-state index in [4.69, 9.17) is 4.74 Å². The summed E-state index contributed by atoms with van der Waals surface area (Å²) in [6, 6.07) is 10.5. The standard InChI is InChI=1S/C16H15Br3O/c1-9-7-13(17)10(2)6-12(9)16(19)11-4-5-15(20-3)14(18)8-11/h4-8,16H,1-3H3. The van der Waals surface area contributed by atoms with Gasteiger partial charge in [-0.2, -0.15) is 0 Å². The second-order valence-corrected chi connectivity index (χ2v) is 7.34. The lowest BCUT2D eigenvalue weighted by Crippen LogP contribution is -1.98. The second-order valence-electron chi connectivity index (χ2n) is 4.71. The zero-order chi connectivity index (χ0) is 14.9. The van der Waals surface area contributed by atoms with E-state index in [9.17, 15) is 0 Å². The van der Waals surface area contributed by atoms with Gasteiger partial charge in [0.2, 0.25) is 0 Å². The van der Waals surface area contributed by atoms with Crippen molar-refractivity contribution in [3.63, 3.8) is 0 Å². The van der Waals surface area contributed by atoms with Crippen molar-refractivity contribution in [3.8, 4) is 5.75 Å². The van der Waals surface area contributed by atoms with Crippen molar-refractivity contribution in [2.75, 3.05) is 7.11 Å². The first-order chi connectivity index (χ1) is 9.43. The smallest absolute Gasteiger partial charge is 0.133 e. The van der Waals surface area contributed by atoms with Crippen molar-refractivity contribution in [2.24, 2.45) is 0 Å². The van der Waals surface area contributed by atoms with Crippen LogP contribution in [-0.2, 0) is 0 Å². The highest BCUT2D eigenvalue weighted by molar-refractivity contribution is 9.11. The van der Waals surface area contributed by atoms with E-state index in [1.807, 2.05) is 6.07 Å². The summed E-state index contributed by atoms with van der Waals surface area (Å²) in [5.74, 6) is 0.845. The Labute approximate surface area is 145 Å². The molecule has 0 saturated heterocycles. The molecule has 106 valence electrons. The Morgan fingerprint density at radius 2 is 1.65 bits per heavy atom. The fourth-order valence-electron chi connectivity index (χ4n) is 2.10. The molecule has 1 unspecified atom stereocenters. The lowest BCUT2D eigenvalue weighted by Gasteiger charge is -2.16. The minimum absolute atomic E-state index is 0.163. The van der Waals surface area contributed by atoms with Gasteiger partial charge in [-0.1, -0.05) is 44.0 Å². The predicted molar refractivity (Wildman–Crippen MR) is 95.1 cm³/mol. The Morgan fingerprint density at radius 1 is 0.950 bits per heavy atom. The van der Waals surface area contributed by atoms with Gasteiger partial charge in [-0.3, -0.25) is 0 Å². The van der Waals surface area contributed by atoms with Crippen LogP contribution < -0.4 is 4.74 Å². The molecule has 0 spiro atoms. The third-order valence-electron chi connectivity index (χ3n) is 3.29. The minimum Gasteiger partial charge on any atom is -0.496 e. The topological polar surface area (TPSA) is 9.23 Å². The number of hydrogen-bond donors (Lipinski definition) is 0. The summed E-state index contributed by atoms with van der Waals surface area (Å²) >= 11 is 10.9. The quantitative estimate of drug-likeness (QED) is 0.485. The molecule has 0 fully saturated rings. The highest BCUT2D eigenvalue weighted by Gasteiger charge is 2.15. The van der Waals surface area contributed by atoms with Gasteiger partial charge >= 0.3 is 0 Å². The van der Waals surface area contributed by atoms with Gasteiger partial charge in [0.1, 0.15) is 5.75 Å². The molecule has 1 nitrogen and oxygen atoms in total. The molecule has 0 heterocycles. The fourth-order valence-corrected chi connectivity index (χ4v) is 3.89. The molecule has 0 aromatic heterocycles. The van der Waals surface area contributed by atoms with Crippen molar-refractivity contribution in [1.82, 2.24) is 0 Å². The van der Waals surface area contributed by atoms with E-state index in [0.29, 0.717) is 0 Å². The van der Waals surface area contributed by atoms with Crippen molar-refractivity contribution in [1.29, 1.82) is 0 Å². The summed E-state index contributed by atoms with van der Waals surface area (Å²) in [5, 5.41) is 0. The maximum Gasteiger partial charge on any atom is 0.133 e. The molecule has 20 heavy (non-hydrogen) atoms. The molecular formula is C16H15Br3O. The van der Waals surface area contributed by atoms with E-state index in [0.717, 1.165) is 14.7 Å². The van der Waals surface area contributed by atoms with Crippen LogP contribution in [0.1, 0.15) is 27.1 Å². The zero-order valence-electron chi connectivity index (χ0n) is 11.5. The van der Waals surface area contributed by atoms with E-state index in [1.54, 1.807) is 7.11 Å². The minimum atomic E-state index is 0.163. The van der Waals surface area contributed by atoms with E-state index < -0.39 is 0 Å². The van der Waals surface area contributed by atoms with Gasteiger partial charge in [0.25, 0.3) is 0 Å². The van der Waals surface area contributed by atoms with Crippen LogP contribution in [0.3, 0.4) is 0 Å². The first-order valence-electron chi connectivity index (χ1n) is 6.18. The molecule has 0 amide bonds. The third kappa shape index (κ3) is 3.29. The molecule has 0 saturated carbocycles. The molecule has 2 rings (SSSR count). The maximum absolute atomic E-state index is 5.28. The van der Waals surface area contributed by atoms with E-state index in [2.05, 4.69) is 85.9 Å². The number of ether oxygens (including phenoxy) is 1. The van der Waals surface area contributed by atoms with Crippen molar-refractivity contribution < 1.29 is 4.74 Å². The summed E-state index contributed by atoms with van der Waals surface area (Å²) in [6.45, 7) is 4.24. The highest BCUT2D eigenvalue weighted by Crippen LogP contribution is 2.38. The summed E-state index contributed by atoms with van der Waals surface area (Å²) in [6.07, 6.45) is 0. The van der Waals surface area contributed by atoms with Gasteiger partial charge in [-0.25, -0.2) is 0 Å². The van der Waals surface area contributed by atoms with Gasteiger partial charge in [0.15, 0.2) is 0 Å². The predicted octanol–water partition coefficient (Wildman–Crippen LogP) is 6.32. The van der Waals surface area contributed by atoms with Gasteiger partial charge in [0, 0.05) is 4.47 Å². The van der Waals surface area contributed by atoms with Gasteiger partial charge in [-0.15, -0.1) is 0 Å². The van der Waals surface area contributed by atoms with Crippen LogP contribution in [0.2, 0.25) is 0 Å². The van der Waals surface area contributed by atoms with Crippen molar-refractivity contribution in [3.05, 3.63) is 61.5 Å². The van der Waals surface area contributed by atoms with Crippen molar-refractivity contribution >= 4 is 47.8 Å². The fraction of sp³-hybridized carbons (Fsp3) is 0.250. The monoisotopic (exact) mass is 460 g/mol. The highest BCUT2D eigenvalue weighted by atomic mass is 79.9.